The van der Waals surface area contributed by atoms with Crippen LogP contribution in [-0.4, -0.2) is 0 Å². The van der Waals surface area contributed by atoms with E-state index >= 15 is 0 Å². The molecule has 2 heteroatoms. The number of halogens is 1. The van der Waals surface area contributed by atoms with E-state index in [2.05, 4.69) is 0 Å². The van der Waals surface area contributed by atoms with Gasteiger partial charge < -0.3 is 0 Å². The maximum atomic E-state index is 11.6. The van der Waals surface area contributed by atoms with Crippen molar-refractivity contribution in [1.82, 2.24) is 0 Å². The van der Waals surface area contributed by atoms with Gasteiger partial charge in [0.2, 0.25) is 0 Å². The van der Waals surface area contributed by atoms with Crippen LogP contribution in [0.5, 0.6) is 0 Å². The summed E-state index contributed by atoms with van der Waals surface area (Å²) in [5, 5.41) is 0. The molecule has 0 saturated heterocycles. The van der Waals surface area contributed by atoms with Crippen LogP contribution in [0, 0.1) is 0 Å². The zero-order valence-corrected chi connectivity index (χ0v) is 5.83. The van der Waals surface area contributed by atoms with Crippen molar-refractivity contribution in [2.45, 2.75) is 13.8 Å². The molecule has 0 amide bonds. The molecule has 0 nitrogen and oxygen atoms in total. The molecule has 0 rings (SSSR count). The predicted octanol–water partition coefficient (Wildman–Crippen LogP) is 3.08. The van der Waals surface area contributed by atoms with Crippen LogP contribution in [0.3, 0.4) is 0 Å². The molecule has 0 aliphatic carbocycles. The molecule has 0 aromatic rings. The summed E-state index contributed by atoms with van der Waals surface area (Å²) in [5.74, 6) is 0. The first-order chi connectivity index (χ1) is 3.85. The van der Waals surface area contributed by atoms with Gasteiger partial charge in [0.05, 0.1) is 12.1 Å². The molecular weight excluding hydrogens is 123 g/mol. The van der Waals surface area contributed by atoms with Gasteiger partial charge in [0.15, 0.2) is 0 Å². The smallest absolute Gasteiger partial charge is 0.0808 e. The molecule has 8 heavy (non-hydrogen) atoms. The second-order valence-electron chi connectivity index (χ2n) is 1.27. The van der Waals surface area contributed by atoms with E-state index in [1.807, 2.05) is 19.9 Å². The third kappa shape index (κ3) is 2.86. The van der Waals surface area contributed by atoms with Gasteiger partial charge in [0.1, 0.15) is 0 Å². The van der Waals surface area contributed by atoms with Crippen molar-refractivity contribution in [1.29, 1.82) is 0 Å². The number of hydrogen-bond donors (Lipinski definition) is 0. The molecule has 0 atom stereocenters. The lowest BCUT2D eigenvalue weighted by Crippen LogP contribution is -1.59. The molecule has 0 N–H and O–H groups in total. The average Bonchev–Trinajstić information content (AvgIpc) is 1.83. The van der Waals surface area contributed by atoms with E-state index in [9.17, 15) is 3.89 Å². The first-order valence-corrected chi connectivity index (χ1v) is 3.14. The summed E-state index contributed by atoms with van der Waals surface area (Å²) in [6.45, 7) is 3.67. The Morgan fingerprint density at radius 2 is 2.12 bits per heavy atom. The Morgan fingerprint density at radius 1 is 1.50 bits per heavy atom. The highest BCUT2D eigenvalue weighted by molar-refractivity contribution is 7.98. The second-order valence-corrected chi connectivity index (χ2v) is 1.89. The van der Waals surface area contributed by atoms with E-state index < -0.39 is 0 Å². The van der Waals surface area contributed by atoms with Crippen LogP contribution >= 0.6 is 12.1 Å². The van der Waals surface area contributed by atoms with Gasteiger partial charge in [-0.05, 0) is 13.8 Å². The van der Waals surface area contributed by atoms with Crippen LogP contribution in [0.4, 0.5) is 3.89 Å². The zero-order chi connectivity index (χ0) is 6.41. The first kappa shape index (κ1) is 7.76. The number of hydrogen-bond acceptors (Lipinski definition) is 1. The summed E-state index contributed by atoms with van der Waals surface area (Å²) in [6, 6.07) is 0. The zero-order valence-electron chi connectivity index (χ0n) is 5.02. The summed E-state index contributed by atoms with van der Waals surface area (Å²) in [4.78, 5) is 0.660. The summed E-state index contributed by atoms with van der Waals surface area (Å²) in [7, 11) is 0. The Kier molecular flexibility index (Phi) is 4.76. The molecule has 0 heterocycles. The fraction of sp³-hybridized carbons (Fsp3) is 0.333. The molecule has 0 aromatic heterocycles. The number of rotatable bonds is 2. The van der Waals surface area contributed by atoms with Gasteiger partial charge >= 0.3 is 0 Å². The molecule has 0 unspecified atom stereocenters. The minimum Gasteiger partial charge on any atom is -0.160 e. The monoisotopic (exact) mass is 132 g/mol. The van der Waals surface area contributed by atoms with E-state index in [0.717, 1.165) is 0 Å². The van der Waals surface area contributed by atoms with Gasteiger partial charge in [-0.3, -0.25) is 0 Å². The van der Waals surface area contributed by atoms with Crippen LogP contribution in [0.15, 0.2) is 23.1 Å². The van der Waals surface area contributed by atoms with Gasteiger partial charge in [-0.2, -0.15) is 3.89 Å². The molecular formula is C6H9FS. The van der Waals surface area contributed by atoms with Crippen molar-refractivity contribution in [2.24, 2.45) is 0 Å². The van der Waals surface area contributed by atoms with E-state index in [4.69, 9.17) is 0 Å². The van der Waals surface area contributed by atoms with Crippen molar-refractivity contribution >= 4 is 12.1 Å². The summed E-state index contributed by atoms with van der Waals surface area (Å²) >= 11 is 0.269. The van der Waals surface area contributed by atoms with Gasteiger partial charge in [-0.1, -0.05) is 18.2 Å². The average molecular weight is 132 g/mol. The van der Waals surface area contributed by atoms with Crippen molar-refractivity contribution in [2.75, 3.05) is 0 Å². The molecule has 0 bridgehead atoms. The Labute approximate surface area is 53.8 Å². The standard InChI is InChI=1S/C6H9FS/c1-3-5-6(4-2)8-7/h3-5H,1-2H3/b5-3-,6-4+. The van der Waals surface area contributed by atoms with Crippen LogP contribution in [0.2, 0.25) is 0 Å². The van der Waals surface area contributed by atoms with E-state index in [1.54, 1.807) is 12.2 Å². The topological polar surface area (TPSA) is 0 Å². The maximum Gasteiger partial charge on any atom is 0.0808 e. The summed E-state index contributed by atoms with van der Waals surface area (Å²) in [5.41, 5.74) is 0. The maximum absolute atomic E-state index is 11.6. The minimum atomic E-state index is 0.269. The minimum absolute atomic E-state index is 0.269. The SMILES string of the molecule is C/C=C\C(=C/C)SF. The highest BCUT2D eigenvalue weighted by atomic mass is 32.2. The third-order valence-electron chi connectivity index (χ3n) is 0.705. The Bertz CT molecular complexity index is 102. The highest BCUT2D eigenvalue weighted by Gasteiger charge is 1.85. The van der Waals surface area contributed by atoms with Crippen LogP contribution in [0.25, 0.3) is 0 Å². The third-order valence-corrected chi connectivity index (χ3v) is 1.25. The van der Waals surface area contributed by atoms with Crippen molar-refractivity contribution in [3.63, 3.8) is 0 Å². The number of allylic oxidation sites excluding steroid dienone is 3. The molecule has 0 aliphatic rings. The Hall–Kier alpha value is -0.240. The second kappa shape index (κ2) is 4.91. The van der Waals surface area contributed by atoms with Crippen molar-refractivity contribution in [3.05, 3.63) is 23.1 Å². The Balaban J connectivity index is 3.72. The quantitative estimate of drug-likeness (QED) is 0.520. The molecule has 0 spiro atoms. The molecule has 0 aliphatic heterocycles. The van der Waals surface area contributed by atoms with Crippen LogP contribution in [-0.2, 0) is 0 Å². The van der Waals surface area contributed by atoms with Gasteiger partial charge in [0, 0.05) is 4.91 Å². The van der Waals surface area contributed by atoms with Crippen molar-refractivity contribution in [3.8, 4) is 0 Å². The lowest BCUT2D eigenvalue weighted by Gasteiger charge is -1.85. The largest absolute Gasteiger partial charge is 0.160 e. The van der Waals surface area contributed by atoms with E-state index in [0.29, 0.717) is 4.91 Å². The van der Waals surface area contributed by atoms with Crippen molar-refractivity contribution < 1.29 is 3.89 Å². The van der Waals surface area contributed by atoms with E-state index in [-0.39, 0.29) is 12.1 Å². The normalized spacial score (nSPS) is 13.1. The van der Waals surface area contributed by atoms with E-state index in [1.165, 1.54) is 0 Å². The van der Waals surface area contributed by atoms with Gasteiger partial charge in [-0.15, -0.1) is 0 Å². The lowest BCUT2D eigenvalue weighted by atomic mass is 10.4. The molecule has 0 radical (unpaired) electrons. The summed E-state index contributed by atoms with van der Waals surface area (Å²) < 4.78 is 11.6. The molecule has 0 aromatic carbocycles. The van der Waals surface area contributed by atoms with Crippen LogP contribution in [0.1, 0.15) is 13.8 Å². The highest BCUT2D eigenvalue weighted by Crippen LogP contribution is 2.16. The lowest BCUT2D eigenvalue weighted by molar-refractivity contribution is 0.945. The molecule has 46 valence electrons. The fourth-order valence-corrected chi connectivity index (χ4v) is 0.607. The fourth-order valence-electron chi connectivity index (χ4n) is 0.331. The van der Waals surface area contributed by atoms with Gasteiger partial charge in [0.25, 0.3) is 0 Å². The molecule has 0 fully saturated rings. The predicted molar refractivity (Wildman–Crippen MR) is 37.3 cm³/mol. The Morgan fingerprint density at radius 3 is 2.25 bits per heavy atom. The molecule has 0 saturated carbocycles. The van der Waals surface area contributed by atoms with Gasteiger partial charge in [-0.25, -0.2) is 0 Å². The first-order valence-electron chi connectivity index (χ1n) is 2.42. The van der Waals surface area contributed by atoms with Crippen LogP contribution < -0.4 is 0 Å². The summed E-state index contributed by atoms with van der Waals surface area (Å²) in [6.07, 6.45) is 5.26.